The lowest BCUT2D eigenvalue weighted by Crippen LogP contribution is -2.17. The maximum absolute atomic E-state index is 11.5. The van der Waals surface area contributed by atoms with Gasteiger partial charge in [0.25, 0.3) is 0 Å². The van der Waals surface area contributed by atoms with Crippen LogP contribution < -0.4 is 4.90 Å². The number of anilines is 3. The van der Waals surface area contributed by atoms with E-state index < -0.39 is 0 Å². The number of aromatic nitrogens is 4. The van der Waals surface area contributed by atoms with Gasteiger partial charge in [-0.2, -0.15) is 0 Å². The summed E-state index contributed by atoms with van der Waals surface area (Å²) in [6, 6.07) is 77.8. The average molecular weight is 1020 g/mol. The molecule has 0 amide bonds. The quantitative estimate of drug-likeness (QED) is 0.157. The summed E-state index contributed by atoms with van der Waals surface area (Å²) in [4.78, 5) is 13.0. The van der Waals surface area contributed by atoms with E-state index in [2.05, 4.69) is 270 Å². The van der Waals surface area contributed by atoms with Crippen molar-refractivity contribution in [3.63, 3.8) is 0 Å². The molecule has 0 aliphatic heterocycles. The highest BCUT2D eigenvalue weighted by Gasteiger charge is 2.27. The first kappa shape index (κ1) is 49.9. The van der Waals surface area contributed by atoms with Gasteiger partial charge in [-0.25, -0.2) is 4.98 Å². The number of rotatable bonds is 9. The highest BCUT2D eigenvalue weighted by Crippen LogP contribution is 2.44. The normalized spacial score (nSPS) is 12.2. The Morgan fingerprint density at radius 3 is 1.64 bits per heavy atom. The standard InChI is InChI=1S/C72H65N5O/c1-70(2,3)50-40-48(58-31-22-35-65-67(58)74-69(62-30-17-19-36-66(62)78)77(65)57-44-51(71(4,5)6)43-52(45-57)72(7,8)9)39-49(41-50)63-42-47(37-38-73-63)59-32-21-33-61-60-29-16-18-34-64(60)76(68(59)61)56-28-20-27-55(46-56)75(53-23-12-10-13-24-53)54-25-14-11-15-26-54/h10-46,78H,1-9H3. The van der Waals surface area contributed by atoms with Crippen molar-refractivity contribution in [3.05, 3.63) is 241 Å². The Morgan fingerprint density at radius 2 is 0.949 bits per heavy atom. The van der Waals surface area contributed by atoms with Gasteiger partial charge in [-0.3, -0.25) is 9.55 Å². The first-order chi connectivity index (χ1) is 37.5. The van der Waals surface area contributed by atoms with E-state index >= 15 is 0 Å². The molecule has 12 aromatic rings. The maximum atomic E-state index is 11.5. The molecule has 3 aromatic heterocycles. The van der Waals surface area contributed by atoms with E-state index in [9.17, 15) is 5.11 Å². The SMILES string of the molecule is CC(C)(C)c1cc(-c2cc(-c3cccc4c5ccccc5n(-c5cccc(N(c6ccccc6)c6ccccc6)c5)c34)ccn2)cc(-c2cccc3c2nc(-c2ccccc2O)n3-c2cc(C(C)(C)C)cc(C(C)(C)C)c2)c1. The second kappa shape index (κ2) is 19.2. The minimum Gasteiger partial charge on any atom is -0.507 e. The molecule has 0 spiro atoms. The molecule has 0 saturated heterocycles. The molecule has 3 heterocycles. The number of fused-ring (bicyclic) bond motifs is 4. The zero-order valence-corrected chi connectivity index (χ0v) is 46.0. The van der Waals surface area contributed by atoms with Crippen LogP contribution >= 0.6 is 0 Å². The molecule has 12 rings (SSSR count). The second-order valence-corrected chi connectivity index (χ2v) is 23.8. The minimum atomic E-state index is -0.189. The number of hydrogen-bond acceptors (Lipinski definition) is 4. The van der Waals surface area contributed by atoms with Crippen molar-refractivity contribution in [2.45, 2.75) is 78.6 Å². The molecular weight excluding hydrogens is 951 g/mol. The van der Waals surface area contributed by atoms with Crippen molar-refractivity contribution in [2.24, 2.45) is 0 Å². The van der Waals surface area contributed by atoms with E-state index in [1.807, 2.05) is 24.4 Å². The van der Waals surface area contributed by atoms with Crippen molar-refractivity contribution in [3.8, 4) is 62.0 Å². The summed E-state index contributed by atoms with van der Waals surface area (Å²) in [7, 11) is 0. The van der Waals surface area contributed by atoms with Crippen LogP contribution in [0, 0.1) is 0 Å². The zero-order chi connectivity index (χ0) is 54.1. The Morgan fingerprint density at radius 1 is 0.397 bits per heavy atom. The largest absolute Gasteiger partial charge is 0.507 e. The molecule has 0 aliphatic carbocycles. The van der Waals surface area contributed by atoms with Crippen LogP contribution in [-0.4, -0.2) is 24.2 Å². The summed E-state index contributed by atoms with van der Waals surface area (Å²) in [5, 5.41) is 13.9. The summed E-state index contributed by atoms with van der Waals surface area (Å²) in [5.41, 5.74) is 19.5. The Bertz CT molecular complexity index is 4150. The molecule has 0 radical (unpaired) electrons. The zero-order valence-electron chi connectivity index (χ0n) is 46.0. The lowest BCUT2D eigenvalue weighted by Gasteiger charge is -2.27. The smallest absolute Gasteiger partial charge is 0.149 e. The van der Waals surface area contributed by atoms with E-state index in [4.69, 9.17) is 9.97 Å². The number of phenolic OH excluding ortho intramolecular Hbond substituents is 1. The summed E-state index contributed by atoms with van der Waals surface area (Å²) in [5.74, 6) is 0.870. The van der Waals surface area contributed by atoms with Crippen LogP contribution in [0.25, 0.3) is 89.1 Å². The first-order valence-electron chi connectivity index (χ1n) is 27.1. The topological polar surface area (TPSA) is 59.1 Å². The van der Waals surface area contributed by atoms with Gasteiger partial charge in [-0.1, -0.05) is 178 Å². The Labute approximate surface area is 458 Å². The molecular formula is C72H65N5O. The molecule has 9 aromatic carbocycles. The molecule has 0 aliphatic rings. The molecule has 0 saturated carbocycles. The number of pyridine rings is 1. The predicted octanol–water partition coefficient (Wildman–Crippen LogP) is 19.3. The van der Waals surface area contributed by atoms with Crippen molar-refractivity contribution in [1.29, 1.82) is 0 Å². The van der Waals surface area contributed by atoms with Gasteiger partial charge in [-0.05, 0) is 147 Å². The number of phenols is 1. The minimum absolute atomic E-state index is 0.105. The van der Waals surface area contributed by atoms with Gasteiger partial charge >= 0.3 is 0 Å². The van der Waals surface area contributed by atoms with E-state index in [1.165, 1.54) is 27.5 Å². The monoisotopic (exact) mass is 1020 g/mol. The van der Waals surface area contributed by atoms with Crippen LogP contribution in [0.1, 0.15) is 79.0 Å². The third-order valence-corrected chi connectivity index (χ3v) is 15.3. The number of aromatic hydroxyl groups is 1. The summed E-state index contributed by atoms with van der Waals surface area (Å²) < 4.78 is 4.68. The summed E-state index contributed by atoms with van der Waals surface area (Å²) in [6.07, 6.45) is 1.96. The fourth-order valence-corrected chi connectivity index (χ4v) is 11.1. The van der Waals surface area contributed by atoms with Crippen LogP contribution in [0.3, 0.4) is 0 Å². The Kier molecular flexibility index (Phi) is 12.3. The van der Waals surface area contributed by atoms with E-state index in [0.717, 1.165) is 84.0 Å². The third kappa shape index (κ3) is 9.11. The molecule has 0 unspecified atom stereocenters. The Balaban J connectivity index is 1.03. The molecule has 78 heavy (non-hydrogen) atoms. The fraction of sp³-hybridized carbons (Fsp3) is 0.167. The van der Waals surface area contributed by atoms with Crippen LogP contribution in [0.4, 0.5) is 17.1 Å². The van der Waals surface area contributed by atoms with Gasteiger partial charge in [0.2, 0.25) is 0 Å². The maximum Gasteiger partial charge on any atom is 0.149 e. The number of imidazole rings is 1. The van der Waals surface area contributed by atoms with Crippen molar-refractivity contribution in [1.82, 2.24) is 19.1 Å². The van der Waals surface area contributed by atoms with Crippen molar-refractivity contribution >= 4 is 49.9 Å². The lowest BCUT2D eigenvalue weighted by molar-refractivity contribution is 0.477. The third-order valence-electron chi connectivity index (χ3n) is 15.3. The fourth-order valence-electron chi connectivity index (χ4n) is 11.1. The second-order valence-electron chi connectivity index (χ2n) is 23.8. The van der Waals surface area contributed by atoms with Crippen LogP contribution in [0.5, 0.6) is 5.75 Å². The van der Waals surface area contributed by atoms with E-state index in [-0.39, 0.29) is 22.0 Å². The van der Waals surface area contributed by atoms with Gasteiger partial charge in [0.1, 0.15) is 11.6 Å². The molecule has 384 valence electrons. The van der Waals surface area contributed by atoms with Crippen LogP contribution in [0.15, 0.2) is 225 Å². The van der Waals surface area contributed by atoms with Gasteiger partial charge < -0.3 is 14.6 Å². The number of benzene rings is 9. The first-order valence-corrected chi connectivity index (χ1v) is 27.1. The number of hydrogen-bond donors (Lipinski definition) is 1. The van der Waals surface area contributed by atoms with Crippen molar-refractivity contribution < 1.29 is 5.11 Å². The molecule has 1 N–H and O–H groups in total. The van der Waals surface area contributed by atoms with Gasteiger partial charge in [0.15, 0.2) is 0 Å². The lowest BCUT2D eigenvalue weighted by atomic mass is 9.80. The highest BCUT2D eigenvalue weighted by atomic mass is 16.3. The van der Waals surface area contributed by atoms with Gasteiger partial charge in [-0.15, -0.1) is 0 Å². The van der Waals surface area contributed by atoms with E-state index in [0.29, 0.717) is 11.4 Å². The molecule has 0 atom stereocenters. The summed E-state index contributed by atoms with van der Waals surface area (Å²) >= 11 is 0. The van der Waals surface area contributed by atoms with Crippen molar-refractivity contribution in [2.75, 3.05) is 4.90 Å². The highest BCUT2D eigenvalue weighted by molar-refractivity contribution is 6.14. The summed E-state index contributed by atoms with van der Waals surface area (Å²) in [6.45, 7) is 20.4. The molecule has 6 nitrogen and oxygen atoms in total. The molecule has 6 heteroatoms. The van der Waals surface area contributed by atoms with Crippen LogP contribution in [-0.2, 0) is 16.2 Å². The predicted molar refractivity (Wildman–Crippen MR) is 327 cm³/mol. The number of nitrogens with zero attached hydrogens (tertiary/aromatic N) is 5. The van der Waals surface area contributed by atoms with Gasteiger partial charge in [0, 0.05) is 62.1 Å². The Hall–Kier alpha value is -9.00. The van der Waals surface area contributed by atoms with E-state index in [1.54, 1.807) is 6.07 Å². The van der Waals surface area contributed by atoms with Gasteiger partial charge in [0.05, 0.1) is 33.3 Å². The number of para-hydroxylation sites is 6. The van der Waals surface area contributed by atoms with Crippen LogP contribution in [0.2, 0.25) is 0 Å². The molecule has 0 bridgehead atoms. The molecule has 0 fully saturated rings. The average Bonchev–Trinajstić information content (AvgIpc) is 4.16.